The Morgan fingerprint density at radius 1 is 1.21 bits per heavy atom. The molecule has 2 atom stereocenters. The third-order valence-electron chi connectivity index (χ3n) is 4.58. The van der Waals surface area contributed by atoms with Crippen LogP contribution in [-0.2, 0) is 0 Å². The van der Waals surface area contributed by atoms with E-state index in [1.54, 1.807) is 0 Å². The molecule has 1 heterocycles. The third-order valence-corrected chi connectivity index (χ3v) is 4.58. The largest absolute Gasteiger partial charge is 0.313 e. The van der Waals surface area contributed by atoms with Gasteiger partial charge in [0.15, 0.2) is 0 Å². The van der Waals surface area contributed by atoms with Gasteiger partial charge in [0, 0.05) is 12.1 Å². The maximum absolute atomic E-state index is 3.75. The molecular weight excluding hydrogens is 232 g/mol. The lowest BCUT2D eigenvalue weighted by Gasteiger charge is -2.35. The van der Waals surface area contributed by atoms with Crippen LogP contribution in [0.4, 0.5) is 0 Å². The molecule has 1 saturated heterocycles. The van der Waals surface area contributed by atoms with E-state index in [1.165, 1.54) is 51.6 Å². The molecule has 0 saturated carbocycles. The van der Waals surface area contributed by atoms with Gasteiger partial charge in [0.2, 0.25) is 0 Å². The molecule has 0 amide bonds. The molecule has 0 aromatic rings. The second-order valence-electron chi connectivity index (χ2n) is 7.40. The van der Waals surface area contributed by atoms with Crippen molar-refractivity contribution in [2.45, 2.75) is 85.2 Å². The summed E-state index contributed by atoms with van der Waals surface area (Å²) >= 11 is 0. The number of rotatable bonds is 6. The van der Waals surface area contributed by atoms with Crippen LogP contribution in [-0.4, -0.2) is 36.6 Å². The van der Waals surface area contributed by atoms with Crippen molar-refractivity contribution in [3.05, 3.63) is 0 Å². The van der Waals surface area contributed by atoms with Crippen LogP contribution in [0.3, 0.4) is 0 Å². The van der Waals surface area contributed by atoms with Crippen LogP contribution in [0.5, 0.6) is 0 Å². The van der Waals surface area contributed by atoms with Gasteiger partial charge in [-0.3, -0.25) is 0 Å². The first-order chi connectivity index (χ1) is 8.95. The number of likely N-dealkylation sites (tertiary alicyclic amines) is 1. The molecule has 0 aliphatic carbocycles. The summed E-state index contributed by atoms with van der Waals surface area (Å²) in [6.45, 7) is 15.5. The molecular formula is C17H36N2. The second kappa shape index (κ2) is 8.26. The van der Waals surface area contributed by atoms with Gasteiger partial charge in [-0.05, 0) is 57.7 Å². The number of hydrogen-bond acceptors (Lipinski definition) is 2. The average molecular weight is 268 g/mol. The van der Waals surface area contributed by atoms with Crippen molar-refractivity contribution >= 4 is 0 Å². The molecule has 0 bridgehead atoms. The standard InChI is InChI=1S/C17H36N2/c1-6-12-18-16(17(3,4)5)11-14-19-13-9-7-8-10-15(19)2/h15-16,18H,6-14H2,1-5H3. The Hall–Kier alpha value is -0.0800. The molecule has 0 radical (unpaired) electrons. The molecule has 19 heavy (non-hydrogen) atoms. The van der Waals surface area contributed by atoms with Gasteiger partial charge in [-0.1, -0.05) is 40.5 Å². The summed E-state index contributed by atoms with van der Waals surface area (Å²) in [4.78, 5) is 2.72. The Morgan fingerprint density at radius 2 is 1.95 bits per heavy atom. The highest BCUT2D eigenvalue weighted by Gasteiger charge is 2.25. The zero-order valence-electron chi connectivity index (χ0n) is 14.0. The maximum atomic E-state index is 3.75. The van der Waals surface area contributed by atoms with Crippen molar-refractivity contribution < 1.29 is 0 Å². The summed E-state index contributed by atoms with van der Waals surface area (Å²) in [6, 6.07) is 1.43. The van der Waals surface area contributed by atoms with Crippen molar-refractivity contribution in [3.63, 3.8) is 0 Å². The van der Waals surface area contributed by atoms with Crippen LogP contribution >= 0.6 is 0 Å². The molecule has 0 aromatic carbocycles. The molecule has 2 unspecified atom stereocenters. The highest BCUT2D eigenvalue weighted by Crippen LogP contribution is 2.23. The highest BCUT2D eigenvalue weighted by atomic mass is 15.2. The van der Waals surface area contributed by atoms with Gasteiger partial charge < -0.3 is 10.2 Å². The molecule has 1 rings (SSSR count). The topological polar surface area (TPSA) is 15.3 Å². The Labute approximate surface area is 121 Å². The normalized spacial score (nSPS) is 24.2. The Kier molecular flexibility index (Phi) is 7.38. The van der Waals surface area contributed by atoms with E-state index in [-0.39, 0.29) is 0 Å². The first-order valence-electron chi connectivity index (χ1n) is 8.42. The monoisotopic (exact) mass is 268 g/mol. The molecule has 1 fully saturated rings. The van der Waals surface area contributed by atoms with Gasteiger partial charge in [-0.15, -0.1) is 0 Å². The average Bonchev–Trinajstić information content (AvgIpc) is 2.53. The fraction of sp³-hybridized carbons (Fsp3) is 1.00. The predicted molar refractivity (Wildman–Crippen MR) is 85.7 cm³/mol. The summed E-state index contributed by atoms with van der Waals surface area (Å²) in [5, 5.41) is 3.75. The van der Waals surface area contributed by atoms with Gasteiger partial charge >= 0.3 is 0 Å². The van der Waals surface area contributed by atoms with Crippen molar-refractivity contribution in [2.75, 3.05) is 19.6 Å². The van der Waals surface area contributed by atoms with Gasteiger partial charge in [0.1, 0.15) is 0 Å². The van der Waals surface area contributed by atoms with E-state index in [0.717, 1.165) is 12.6 Å². The summed E-state index contributed by atoms with van der Waals surface area (Å²) in [6.07, 6.45) is 8.15. The third kappa shape index (κ3) is 6.27. The summed E-state index contributed by atoms with van der Waals surface area (Å²) < 4.78 is 0. The molecule has 0 spiro atoms. The first kappa shape index (κ1) is 17.0. The fourth-order valence-electron chi connectivity index (χ4n) is 3.12. The van der Waals surface area contributed by atoms with Gasteiger partial charge in [0.25, 0.3) is 0 Å². The van der Waals surface area contributed by atoms with E-state index >= 15 is 0 Å². The molecule has 2 nitrogen and oxygen atoms in total. The molecule has 0 aromatic heterocycles. The minimum atomic E-state index is 0.365. The van der Waals surface area contributed by atoms with Crippen molar-refractivity contribution in [1.29, 1.82) is 0 Å². The zero-order valence-corrected chi connectivity index (χ0v) is 14.0. The second-order valence-corrected chi connectivity index (χ2v) is 7.40. The fourth-order valence-corrected chi connectivity index (χ4v) is 3.12. The van der Waals surface area contributed by atoms with Crippen LogP contribution < -0.4 is 5.32 Å². The summed E-state index contributed by atoms with van der Waals surface area (Å²) in [5.74, 6) is 0. The molecule has 1 aliphatic rings. The lowest BCUT2D eigenvalue weighted by atomic mass is 9.84. The first-order valence-corrected chi connectivity index (χ1v) is 8.42. The maximum Gasteiger partial charge on any atom is 0.0128 e. The van der Waals surface area contributed by atoms with Gasteiger partial charge in [0.05, 0.1) is 0 Å². The lowest BCUT2D eigenvalue weighted by Crippen LogP contribution is -2.44. The SMILES string of the molecule is CCCNC(CCN1CCCCCC1C)C(C)(C)C. The quantitative estimate of drug-likeness (QED) is 0.781. The molecule has 1 N–H and O–H groups in total. The minimum absolute atomic E-state index is 0.365. The molecule has 114 valence electrons. The van der Waals surface area contributed by atoms with E-state index in [4.69, 9.17) is 0 Å². The van der Waals surface area contributed by atoms with E-state index in [0.29, 0.717) is 11.5 Å². The Balaban J connectivity index is 2.45. The van der Waals surface area contributed by atoms with Crippen LogP contribution in [0, 0.1) is 5.41 Å². The molecule has 2 heteroatoms. The van der Waals surface area contributed by atoms with Gasteiger partial charge in [-0.2, -0.15) is 0 Å². The smallest absolute Gasteiger partial charge is 0.0128 e. The van der Waals surface area contributed by atoms with Crippen LogP contribution in [0.25, 0.3) is 0 Å². The summed E-state index contributed by atoms with van der Waals surface area (Å²) in [7, 11) is 0. The summed E-state index contributed by atoms with van der Waals surface area (Å²) in [5.41, 5.74) is 0.365. The zero-order chi connectivity index (χ0) is 14.3. The van der Waals surface area contributed by atoms with Gasteiger partial charge in [-0.25, -0.2) is 0 Å². The molecule has 1 aliphatic heterocycles. The Bertz CT molecular complexity index is 232. The van der Waals surface area contributed by atoms with E-state index in [1.807, 2.05) is 0 Å². The van der Waals surface area contributed by atoms with Crippen molar-refractivity contribution in [3.8, 4) is 0 Å². The Morgan fingerprint density at radius 3 is 2.58 bits per heavy atom. The van der Waals surface area contributed by atoms with Crippen LogP contribution in [0.1, 0.15) is 73.1 Å². The van der Waals surface area contributed by atoms with Crippen LogP contribution in [0.2, 0.25) is 0 Å². The number of hydrogen-bond donors (Lipinski definition) is 1. The van der Waals surface area contributed by atoms with E-state index < -0.39 is 0 Å². The lowest BCUT2D eigenvalue weighted by molar-refractivity contribution is 0.173. The van der Waals surface area contributed by atoms with Crippen molar-refractivity contribution in [1.82, 2.24) is 10.2 Å². The van der Waals surface area contributed by atoms with Crippen molar-refractivity contribution in [2.24, 2.45) is 5.41 Å². The van der Waals surface area contributed by atoms with E-state index in [2.05, 4.69) is 44.8 Å². The predicted octanol–water partition coefficient (Wildman–Crippen LogP) is 4.06. The number of nitrogens with one attached hydrogen (secondary N) is 1. The highest BCUT2D eigenvalue weighted by molar-refractivity contribution is 4.82. The van der Waals surface area contributed by atoms with Crippen LogP contribution in [0.15, 0.2) is 0 Å². The van der Waals surface area contributed by atoms with E-state index in [9.17, 15) is 0 Å². The minimum Gasteiger partial charge on any atom is -0.313 e. The number of nitrogens with zero attached hydrogens (tertiary/aromatic N) is 1.